The standard InChI is InChI=1S/C18H23NO2/c1-14-3-5-15(6-4-14)13-16(19)11-12-21-18-9-7-17(20-2)8-10-18/h3-10,16H,11-13,19H2,1-2H3. The topological polar surface area (TPSA) is 44.5 Å². The Morgan fingerprint density at radius 3 is 2.19 bits per heavy atom. The number of methoxy groups -OCH3 is 1. The van der Waals surface area contributed by atoms with Gasteiger partial charge in [0.2, 0.25) is 0 Å². The Hall–Kier alpha value is -2.00. The van der Waals surface area contributed by atoms with Gasteiger partial charge in [-0.3, -0.25) is 0 Å². The van der Waals surface area contributed by atoms with Crippen LogP contribution in [0.2, 0.25) is 0 Å². The van der Waals surface area contributed by atoms with Gasteiger partial charge in [0.05, 0.1) is 13.7 Å². The van der Waals surface area contributed by atoms with Crippen molar-refractivity contribution in [3.05, 3.63) is 59.7 Å². The second kappa shape index (κ2) is 7.70. The lowest BCUT2D eigenvalue weighted by molar-refractivity contribution is 0.296. The first-order valence-corrected chi connectivity index (χ1v) is 7.25. The van der Waals surface area contributed by atoms with Gasteiger partial charge in [0.15, 0.2) is 0 Å². The molecule has 2 N–H and O–H groups in total. The van der Waals surface area contributed by atoms with E-state index in [0.29, 0.717) is 6.61 Å². The molecule has 0 fully saturated rings. The predicted octanol–water partition coefficient (Wildman–Crippen LogP) is 3.34. The summed E-state index contributed by atoms with van der Waals surface area (Å²) in [7, 11) is 1.65. The fourth-order valence-electron chi connectivity index (χ4n) is 2.13. The molecule has 0 bridgehead atoms. The zero-order valence-corrected chi connectivity index (χ0v) is 12.7. The van der Waals surface area contributed by atoms with Crippen LogP contribution < -0.4 is 15.2 Å². The van der Waals surface area contributed by atoms with Gasteiger partial charge < -0.3 is 15.2 Å². The number of ether oxygens (including phenoxy) is 2. The minimum Gasteiger partial charge on any atom is -0.497 e. The normalized spacial score (nSPS) is 12.0. The van der Waals surface area contributed by atoms with Gasteiger partial charge in [0, 0.05) is 6.04 Å². The van der Waals surface area contributed by atoms with Crippen molar-refractivity contribution in [1.82, 2.24) is 0 Å². The molecular formula is C18H23NO2. The smallest absolute Gasteiger partial charge is 0.119 e. The number of aryl methyl sites for hydroxylation is 1. The summed E-state index contributed by atoms with van der Waals surface area (Å²) in [5.41, 5.74) is 8.70. The van der Waals surface area contributed by atoms with Gasteiger partial charge in [-0.05, 0) is 49.6 Å². The van der Waals surface area contributed by atoms with E-state index in [1.807, 2.05) is 24.3 Å². The second-order valence-corrected chi connectivity index (χ2v) is 5.26. The van der Waals surface area contributed by atoms with Gasteiger partial charge in [-0.15, -0.1) is 0 Å². The maximum Gasteiger partial charge on any atom is 0.119 e. The molecule has 3 nitrogen and oxygen atoms in total. The molecule has 0 aliphatic carbocycles. The molecule has 0 saturated carbocycles. The first kappa shape index (κ1) is 15.4. The van der Waals surface area contributed by atoms with Crippen molar-refractivity contribution in [3.8, 4) is 11.5 Å². The van der Waals surface area contributed by atoms with Crippen LogP contribution in [-0.2, 0) is 6.42 Å². The molecule has 0 aliphatic rings. The first-order valence-electron chi connectivity index (χ1n) is 7.25. The molecule has 0 aliphatic heterocycles. The Morgan fingerprint density at radius 1 is 0.952 bits per heavy atom. The second-order valence-electron chi connectivity index (χ2n) is 5.26. The average molecular weight is 285 g/mol. The van der Waals surface area contributed by atoms with E-state index >= 15 is 0 Å². The molecule has 1 unspecified atom stereocenters. The van der Waals surface area contributed by atoms with Gasteiger partial charge >= 0.3 is 0 Å². The van der Waals surface area contributed by atoms with Gasteiger partial charge in [0.25, 0.3) is 0 Å². The van der Waals surface area contributed by atoms with Crippen LogP contribution in [-0.4, -0.2) is 19.8 Å². The van der Waals surface area contributed by atoms with E-state index in [1.54, 1.807) is 7.11 Å². The Kier molecular flexibility index (Phi) is 5.64. The number of hydrogen-bond acceptors (Lipinski definition) is 3. The molecule has 2 aromatic rings. The molecule has 3 heteroatoms. The summed E-state index contributed by atoms with van der Waals surface area (Å²) in [6, 6.07) is 16.2. The van der Waals surface area contributed by atoms with Crippen molar-refractivity contribution in [2.75, 3.05) is 13.7 Å². The van der Waals surface area contributed by atoms with Crippen molar-refractivity contribution in [2.45, 2.75) is 25.8 Å². The molecule has 112 valence electrons. The molecule has 1 atom stereocenters. The Morgan fingerprint density at radius 2 is 1.57 bits per heavy atom. The van der Waals surface area contributed by atoms with Crippen LogP contribution in [0.5, 0.6) is 11.5 Å². The van der Waals surface area contributed by atoms with E-state index in [2.05, 4.69) is 31.2 Å². The molecular weight excluding hydrogens is 262 g/mol. The van der Waals surface area contributed by atoms with Gasteiger partial charge in [-0.2, -0.15) is 0 Å². The minimum absolute atomic E-state index is 0.117. The number of hydrogen-bond donors (Lipinski definition) is 1. The molecule has 0 aromatic heterocycles. The average Bonchev–Trinajstić information content (AvgIpc) is 2.50. The van der Waals surface area contributed by atoms with Gasteiger partial charge in [-0.1, -0.05) is 29.8 Å². The van der Waals surface area contributed by atoms with Crippen LogP contribution in [0.4, 0.5) is 0 Å². The van der Waals surface area contributed by atoms with Crippen LogP contribution in [0.15, 0.2) is 48.5 Å². The zero-order valence-electron chi connectivity index (χ0n) is 12.7. The molecule has 2 aromatic carbocycles. The summed E-state index contributed by atoms with van der Waals surface area (Å²) in [5, 5.41) is 0. The molecule has 0 spiro atoms. The summed E-state index contributed by atoms with van der Waals surface area (Å²) in [4.78, 5) is 0. The van der Waals surface area contributed by atoms with Crippen LogP contribution in [0.3, 0.4) is 0 Å². The van der Waals surface area contributed by atoms with Crippen molar-refractivity contribution < 1.29 is 9.47 Å². The highest BCUT2D eigenvalue weighted by atomic mass is 16.5. The maximum atomic E-state index is 6.15. The van der Waals surface area contributed by atoms with Crippen molar-refractivity contribution >= 4 is 0 Å². The van der Waals surface area contributed by atoms with E-state index in [0.717, 1.165) is 24.3 Å². The van der Waals surface area contributed by atoms with E-state index in [9.17, 15) is 0 Å². The fourth-order valence-corrected chi connectivity index (χ4v) is 2.13. The lowest BCUT2D eigenvalue weighted by Crippen LogP contribution is -2.25. The molecule has 0 amide bonds. The van der Waals surface area contributed by atoms with Crippen molar-refractivity contribution in [3.63, 3.8) is 0 Å². The van der Waals surface area contributed by atoms with Crippen molar-refractivity contribution in [1.29, 1.82) is 0 Å². The summed E-state index contributed by atoms with van der Waals surface area (Å²) in [5.74, 6) is 1.68. The zero-order chi connectivity index (χ0) is 15.1. The Bertz CT molecular complexity index is 534. The van der Waals surface area contributed by atoms with Crippen LogP contribution >= 0.6 is 0 Å². The maximum absolute atomic E-state index is 6.15. The molecule has 0 saturated heterocycles. The molecule has 21 heavy (non-hydrogen) atoms. The highest BCUT2D eigenvalue weighted by molar-refractivity contribution is 5.31. The highest BCUT2D eigenvalue weighted by Gasteiger charge is 2.05. The fraction of sp³-hybridized carbons (Fsp3) is 0.333. The predicted molar refractivity (Wildman–Crippen MR) is 86.0 cm³/mol. The lowest BCUT2D eigenvalue weighted by atomic mass is 10.0. The molecule has 0 radical (unpaired) electrons. The van der Waals surface area contributed by atoms with Crippen LogP contribution in [0.25, 0.3) is 0 Å². The SMILES string of the molecule is COc1ccc(OCCC(N)Cc2ccc(C)cc2)cc1. The van der Waals surface area contributed by atoms with E-state index < -0.39 is 0 Å². The quantitative estimate of drug-likeness (QED) is 0.848. The Balaban J connectivity index is 1.73. The monoisotopic (exact) mass is 285 g/mol. The Labute approximate surface area is 126 Å². The van der Waals surface area contributed by atoms with Gasteiger partial charge in [-0.25, -0.2) is 0 Å². The number of rotatable bonds is 7. The largest absolute Gasteiger partial charge is 0.497 e. The van der Waals surface area contributed by atoms with Crippen molar-refractivity contribution in [2.24, 2.45) is 5.73 Å². The third-order valence-corrected chi connectivity index (χ3v) is 3.44. The van der Waals surface area contributed by atoms with E-state index in [-0.39, 0.29) is 6.04 Å². The molecule has 2 rings (SSSR count). The molecule has 0 heterocycles. The van der Waals surface area contributed by atoms with E-state index in [1.165, 1.54) is 11.1 Å². The summed E-state index contributed by atoms with van der Waals surface area (Å²) >= 11 is 0. The summed E-state index contributed by atoms with van der Waals surface area (Å²) in [6.07, 6.45) is 1.71. The summed E-state index contributed by atoms with van der Waals surface area (Å²) < 4.78 is 10.8. The lowest BCUT2D eigenvalue weighted by Gasteiger charge is -2.13. The number of nitrogens with two attached hydrogens (primary N) is 1. The minimum atomic E-state index is 0.117. The third kappa shape index (κ3) is 5.12. The summed E-state index contributed by atoms with van der Waals surface area (Å²) in [6.45, 7) is 2.71. The van der Waals surface area contributed by atoms with Crippen LogP contribution in [0.1, 0.15) is 17.5 Å². The van der Waals surface area contributed by atoms with Crippen LogP contribution in [0, 0.1) is 6.92 Å². The van der Waals surface area contributed by atoms with Gasteiger partial charge in [0.1, 0.15) is 11.5 Å². The van der Waals surface area contributed by atoms with E-state index in [4.69, 9.17) is 15.2 Å². The third-order valence-electron chi connectivity index (χ3n) is 3.44. The number of benzene rings is 2. The first-order chi connectivity index (χ1) is 10.2. The highest BCUT2D eigenvalue weighted by Crippen LogP contribution is 2.17.